The van der Waals surface area contributed by atoms with E-state index in [1.165, 1.54) is 17.7 Å². The molecule has 1 N–H and O–H groups in total. The van der Waals surface area contributed by atoms with E-state index in [0.717, 1.165) is 32.1 Å². The molecule has 0 aliphatic carbocycles. The van der Waals surface area contributed by atoms with E-state index in [4.69, 9.17) is 0 Å². The zero-order valence-corrected chi connectivity index (χ0v) is 17.5. The van der Waals surface area contributed by atoms with Crippen molar-refractivity contribution in [1.82, 2.24) is 9.80 Å². The highest BCUT2D eigenvalue weighted by atomic mass is 127. The van der Waals surface area contributed by atoms with E-state index in [-0.39, 0.29) is 15.3 Å². The lowest BCUT2D eigenvalue weighted by Gasteiger charge is -2.25. The number of likely N-dealkylation sites (N-methyl/N-ethyl adjacent to an activating group) is 1. The van der Waals surface area contributed by atoms with Crippen LogP contribution >= 0.6 is 22.6 Å². The minimum absolute atomic E-state index is 0.0228. The molecule has 2 amide bonds. The molecule has 1 atom stereocenters. The third kappa shape index (κ3) is 5.16. The average molecular weight is 503 g/mol. The maximum absolute atomic E-state index is 13.1. The van der Waals surface area contributed by atoms with Crippen LogP contribution in [-0.4, -0.2) is 42.0 Å². The first-order valence-corrected chi connectivity index (χ1v) is 9.99. The Kier molecular flexibility index (Phi) is 6.49. The van der Waals surface area contributed by atoms with E-state index < -0.39 is 17.8 Å². The lowest BCUT2D eigenvalue weighted by molar-refractivity contribution is -0.138. The maximum Gasteiger partial charge on any atom is 0.417 e. The van der Waals surface area contributed by atoms with Crippen LogP contribution in [0.5, 0.6) is 0 Å². The number of urea groups is 1. The molecule has 2 aromatic carbocycles. The van der Waals surface area contributed by atoms with Gasteiger partial charge in [-0.2, -0.15) is 13.2 Å². The van der Waals surface area contributed by atoms with Crippen LogP contribution in [0.25, 0.3) is 0 Å². The van der Waals surface area contributed by atoms with Crippen molar-refractivity contribution < 1.29 is 18.0 Å². The van der Waals surface area contributed by atoms with Crippen molar-refractivity contribution in [2.45, 2.75) is 25.2 Å². The fourth-order valence-corrected chi connectivity index (χ4v) is 3.95. The molecule has 1 heterocycles. The molecule has 28 heavy (non-hydrogen) atoms. The van der Waals surface area contributed by atoms with Crippen LogP contribution in [0.2, 0.25) is 0 Å². The second-order valence-corrected chi connectivity index (χ2v) is 8.06. The van der Waals surface area contributed by atoms with Gasteiger partial charge in [0.2, 0.25) is 0 Å². The first-order chi connectivity index (χ1) is 13.2. The molecule has 1 aliphatic rings. The largest absolute Gasteiger partial charge is 0.417 e. The molecule has 0 unspecified atom stereocenters. The zero-order chi connectivity index (χ0) is 20.3. The van der Waals surface area contributed by atoms with E-state index in [0.29, 0.717) is 0 Å². The summed E-state index contributed by atoms with van der Waals surface area (Å²) in [5, 5.41) is 2.59. The van der Waals surface area contributed by atoms with E-state index >= 15 is 0 Å². The predicted octanol–water partition coefficient (Wildman–Crippen LogP) is 5.05. The number of rotatable bonds is 4. The highest BCUT2D eigenvalue weighted by Gasteiger charge is 2.33. The third-order valence-corrected chi connectivity index (χ3v) is 5.83. The first kappa shape index (κ1) is 20.9. The van der Waals surface area contributed by atoms with Gasteiger partial charge >= 0.3 is 12.2 Å². The molecule has 150 valence electrons. The Balaban J connectivity index is 1.59. The monoisotopic (exact) mass is 503 g/mol. The van der Waals surface area contributed by atoms with E-state index in [9.17, 15) is 18.0 Å². The van der Waals surface area contributed by atoms with Crippen LogP contribution in [-0.2, 0) is 12.7 Å². The van der Waals surface area contributed by atoms with Crippen LogP contribution in [0, 0.1) is 3.57 Å². The quantitative estimate of drug-likeness (QED) is 0.594. The van der Waals surface area contributed by atoms with Crippen molar-refractivity contribution in [3.63, 3.8) is 0 Å². The van der Waals surface area contributed by atoms with Crippen LogP contribution in [0.4, 0.5) is 23.7 Å². The highest BCUT2D eigenvalue weighted by molar-refractivity contribution is 14.1. The summed E-state index contributed by atoms with van der Waals surface area (Å²) in [6.45, 7) is 2.43. The summed E-state index contributed by atoms with van der Waals surface area (Å²) in [5.74, 6) is 0. The van der Waals surface area contributed by atoms with Crippen molar-refractivity contribution in [3.8, 4) is 0 Å². The number of halogens is 4. The highest BCUT2D eigenvalue weighted by Crippen LogP contribution is 2.34. The summed E-state index contributed by atoms with van der Waals surface area (Å²) in [7, 11) is 1.68. The Hall–Kier alpha value is -1.81. The van der Waals surface area contributed by atoms with Crippen molar-refractivity contribution in [2.75, 3.05) is 25.5 Å². The van der Waals surface area contributed by atoms with Crippen molar-refractivity contribution >= 4 is 34.3 Å². The third-order valence-electron chi connectivity index (χ3n) is 4.89. The van der Waals surface area contributed by atoms with E-state index in [1.54, 1.807) is 34.5 Å². The molecule has 4 nitrogen and oxygen atoms in total. The molecule has 8 heteroatoms. The predicted molar refractivity (Wildman–Crippen MR) is 111 cm³/mol. The van der Waals surface area contributed by atoms with Gasteiger partial charge in [-0.1, -0.05) is 30.3 Å². The van der Waals surface area contributed by atoms with Gasteiger partial charge in [-0.15, -0.1) is 0 Å². The lowest BCUT2D eigenvalue weighted by atomic mass is 10.2. The summed E-state index contributed by atoms with van der Waals surface area (Å²) >= 11 is 1.64. The second-order valence-electron chi connectivity index (χ2n) is 6.90. The van der Waals surface area contributed by atoms with E-state index in [2.05, 4.69) is 22.3 Å². The number of carbonyl (C=O) groups excluding carboxylic acids is 1. The second kappa shape index (κ2) is 8.69. The standard InChI is InChI=1S/C20H21F3IN3O/c1-26(16-9-10-27(13-16)12-14-5-3-2-4-6-14)19(28)25-15-7-8-18(24)17(11-15)20(21,22)23/h2-8,11,16H,9-10,12-13H2,1H3,(H,25,28)/t16-/m0/s1. The van der Waals surface area contributed by atoms with Gasteiger partial charge < -0.3 is 10.2 Å². The smallest absolute Gasteiger partial charge is 0.323 e. The van der Waals surface area contributed by atoms with Gasteiger partial charge in [0.1, 0.15) is 0 Å². The molecule has 1 fully saturated rings. The number of carbonyl (C=O) groups is 1. The molecule has 2 aromatic rings. The molecule has 0 bridgehead atoms. The molecule has 0 aromatic heterocycles. The molecule has 0 spiro atoms. The summed E-state index contributed by atoms with van der Waals surface area (Å²) in [5.41, 5.74) is 0.612. The lowest BCUT2D eigenvalue weighted by Crippen LogP contribution is -2.41. The Labute approximate surface area is 175 Å². The Morgan fingerprint density at radius 1 is 1.25 bits per heavy atom. The number of amides is 2. The number of hydrogen-bond donors (Lipinski definition) is 1. The van der Waals surface area contributed by atoms with Gasteiger partial charge in [-0.05, 0) is 52.8 Å². The van der Waals surface area contributed by atoms with Crippen molar-refractivity contribution in [1.29, 1.82) is 0 Å². The molecule has 1 saturated heterocycles. The minimum atomic E-state index is -4.45. The summed E-state index contributed by atoms with van der Waals surface area (Å²) in [4.78, 5) is 16.4. The fourth-order valence-electron chi connectivity index (χ4n) is 3.31. The molecule has 3 rings (SSSR count). The molecule has 1 aliphatic heterocycles. The molecule has 0 radical (unpaired) electrons. The number of benzene rings is 2. The zero-order valence-electron chi connectivity index (χ0n) is 15.3. The molecular weight excluding hydrogens is 482 g/mol. The molecular formula is C20H21F3IN3O. The van der Waals surface area contributed by atoms with Crippen molar-refractivity contribution in [3.05, 3.63) is 63.2 Å². The van der Waals surface area contributed by atoms with Gasteiger partial charge in [0.05, 0.1) is 5.56 Å². The average Bonchev–Trinajstić information content (AvgIpc) is 3.11. The van der Waals surface area contributed by atoms with Crippen LogP contribution in [0.3, 0.4) is 0 Å². The number of anilines is 1. The van der Waals surface area contributed by atoms with Gasteiger partial charge in [0.25, 0.3) is 0 Å². The van der Waals surface area contributed by atoms with Gasteiger partial charge in [0.15, 0.2) is 0 Å². The van der Waals surface area contributed by atoms with Gasteiger partial charge in [0, 0.05) is 42.0 Å². The van der Waals surface area contributed by atoms with Gasteiger partial charge in [-0.25, -0.2) is 4.79 Å². The van der Waals surface area contributed by atoms with Crippen LogP contribution < -0.4 is 5.32 Å². The number of likely N-dealkylation sites (tertiary alicyclic amines) is 1. The summed E-state index contributed by atoms with van der Waals surface area (Å²) < 4.78 is 39.3. The number of alkyl halides is 3. The summed E-state index contributed by atoms with van der Waals surface area (Å²) in [6, 6.07) is 13.5. The number of nitrogens with zero attached hydrogens (tertiary/aromatic N) is 2. The SMILES string of the molecule is CN(C(=O)Nc1ccc(I)c(C(F)(F)F)c1)[C@H]1CCN(Cc2ccccc2)C1. The number of hydrogen-bond acceptors (Lipinski definition) is 2. The summed E-state index contributed by atoms with van der Waals surface area (Å²) in [6.07, 6.45) is -3.62. The fraction of sp³-hybridized carbons (Fsp3) is 0.350. The van der Waals surface area contributed by atoms with Crippen LogP contribution in [0.1, 0.15) is 17.5 Å². The van der Waals surface area contributed by atoms with E-state index in [1.807, 2.05) is 18.2 Å². The topological polar surface area (TPSA) is 35.6 Å². The maximum atomic E-state index is 13.1. The normalized spacial score (nSPS) is 17.5. The molecule has 0 saturated carbocycles. The van der Waals surface area contributed by atoms with Crippen molar-refractivity contribution in [2.24, 2.45) is 0 Å². The Bertz CT molecular complexity index is 829. The van der Waals surface area contributed by atoms with Gasteiger partial charge in [-0.3, -0.25) is 4.90 Å². The Morgan fingerprint density at radius 3 is 2.64 bits per heavy atom. The van der Waals surface area contributed by atoms with Crippen LogP contribution in [0.15, 0.2) is 48.5 Å². The minimum Gasteiger partial charge on any atom is -0.323 e. The Morgan fingerprint density at radius 2 is 1.96 bits per heavy atom. The first-order valence-electron chi connectivity index (χ1n) is 8.91. The number of nitrogens with one attached hydrogen (secondary N) is 1.